The molecular formula is C14H6F5NO2. The summed E-state index contributed by atoms with van der Waals surface area (Å²) in [6.07, 6.45) is 0. The number of benzene rings is 2. The molecule has 0 atom stereocenters. The zero-order valence-corrected chi connectivity index (χ0v) is 10.6. The van der Waals surface area contributed by atoms with Crippen LogP contribution in [0.4, 0.5) is 22.0 Å². The third-order valence-corrected chi connectivity index (χ3v) is 2.70. The molecule has 0 saturated heterocycles. The lowest BCUT2D eigenvalue weighted by molar-refractivity contribution is 0.0843. The molecule has 0 aliphatic rings. The molecule has 0 aliphatic heterocycles. The summed E-state index contributed by atoms with van der Waals surface area (Å²) < 4.78 is 65.7. The minimum absolute atomic E-state index is 0.0280. The summed E-state index contributed by atoms with van der Waals surface area (Å²) in [5.74, 6) is -14.3. The van der Waals surface area contributed by atoms with Crippen LogP contribution in [0.1, 0.15) is 20.7 Å². The van der Waals surface area contributed by atoms with Crippen molar-refractivity contribution in [2.75, 3.05) is 0 Å². The van der Waals surface area contributed by atoms with Crippen LogP contribution in [0.15, 0.2) is 30.3 Å². The first-order chi connectivity index (χ1) is 10.3. The van der Waals surface area contributed by atoms with Crippen molar-refractivity contribution >= 4 is 11.8 Å². The van der Waals surface area contributed by atoms with E-state index in [4.69, 9.17) is 0 Å². The lowest BCUT2D eigenvalue weighted by Gasteiger charge is -2.08. The van der Waals surface area contributed by atoms with Crippen molar-refractivity contribution in [2.24, 2.45) is 0 Å². The Kier molecular flexibility index (Phi) is 4.20. The number of hydrogen-bond donors (Lipinski definition) is 1. The molecule has 0 fully saturated rings. The molecule has 3 nitrogen and oxygen atoms in total. The Morgan fingerprint density at radius 3 is 1.64 bits per heavy atom. The SMILES string of the molecule is O=C(NC(=O)c1c(F)c(F)c(F)c(F)c1F)c1ccccc1. The van der Waals surface area contributed by atoms with Crippen LogP contribution in [-0.4, -0.2) is 11.8 Å². The van der Waals surface area contributed by atoms with Crippen LogP contribution < -0.4 is 5.32 Å². The lowest BCUT2D eigenvalue weighted by Crippen LogP contribution is -2.32. The van der Waals surface area contributed by atoms with Crippen molar-refractivity contribution in [3.05, 3.63) is 70.5 Å². The zero-order valence-electron chi connectivity index (χ0n) is 10.6. The summed E-state index contributed by atoms with van der Waals surface area (Å²) >= 11 is 0. The third-order valence-electron chi connectivity index (χ3n) is 2.70. The molecule has 0 spiro atoms. The van der Waals surface area contributed by atoms with E-state index in [0.717, 1.165) is 0 Å². The van der Waals surface area contributed by atoms with E-state index in [0.29, 0.717) is 0 Å². The largest absolute Gasteiger partial charge is 0.288 e. The minimum atomic E-state index is -2.39. The van der Waals surface area contributed by atoms with Gasteiger partial charge in [-0.05, 0) is 12.1 Å². The van der Waals surface area contributed by atoms with Gasteiger partial charge in [-0.2, -0.15) is 0 Å². The quantitative estimate of drug-likeness (QED) is 0.401. The highest BCUT2D eigenvalue weighted by Crippen LogP contribution is 2.22. The maximum Gasteiger partial charge on any atom is 0.264 e. The van der Waals surface area contributed by atoms with Crippen LogP contribution in [0.2, 0.25) is 0 Å². The van der Waals surface area contributed by atoms with E-state index in [1.54, 1.807) is 11.4 Å². The average molecular weight is 315 g/mol. The molecule has 2 aromatic rings. The van der Waals surface area contributed by atoms with Gasteiger partial charge in [0.05, 0.1) is 0 Å². The number of halogens is 5. The second-order valence-corrected chi connectivity index (χ2v) is 4.09. The van der Waals surface area contributed by atoms with Gasteiger partial charge in [0.1, 0.15) is 5.56 Å². The maximum absolute atomic E-state index is 13.4. The molecule has 8 heteroatoms. The lowest BCUT2D eigenvalue weighted by atomic mass is 10.1. The summed E-state index contributed by atoms with van der Waals surface area (Å²) in [5.41, 5.74) is -1.75. The first kappa shape index (κ1) is 15.6. The van der Waals surface area contributed by atoms with Gasteiger partial charge in [-0.1, -0.05) is 18.2 Å². The highest BCUT2D eigenvalue weighted by Gasteiger charge is 2.30. The summed E-state index contributed by atoms with van der Waals surface area (Å²) in [4.78, 5) is 23.3. The number of carbonyl (C=O) groups excluding carboxylic acids is 2. The van der Waals surface area contributed by atoms with Gasteiger partial charge in [0.15, 0.2) is 23.3 Å². The highest BCUT2D eigenvalue weighted by atomic mass is 19.2. The number of imide groups is 1. The average Bonchev–Trinajstić information content (AvgIpc) is 2.52. The van der Waals surface area contributed by atoms with E-state index in [-0.39, 0.29) is 5.56 Å². The van der Waals surface area contributed by atoms with Crippen molar-refractivity contribution in [1.29, 1.82) is 0 Å². The summed E-state index contributed by atoms with van der Waals surface area (Å²) in [7, 11) is 0. The first-order valence-corrected chi connectivity index (χ1v) is 5.76. The molecule has 0 aliphatic carbocycles. The molecule has 22 heavy (non-hydrogen) atoms. The van der Waals surface area contributed by atoms with Crippen molar-refractivity contribution in [3.8, 4) is 0 Å². The second kappa shape index (κ2) is 5.92. The number of carbonyl (C=O) groups is 2. The van der Waals surface area contributed by atoms with Crippen LogP contribution in [0.25, 0.3) is 0 Å². The molecule has 2 aromatic carbocycles. The van der Waals surface area contributed by atoms with Gasteiger partial charge in [-0.25, -0.2) is 22.0 Å². The minimum Gasteiger partial charge on any atom is -0.288 e. The Hall–Kier alpha value is -2.77. The van der Waals surface area contributed by atoms with E-state index in [1.807, 2.05) is 0 Å². The number of amides is 2. The van der Waals surface area contributed by atoms with Gasteiger partial charge >= 0.3 is 0 Å². The predicted molar refractivity (Wildman–Crippen MR) is 64.5 cm³/mol. The first-order valence-electron chi connectivity index (χ1n) is 5.76. The van der Waals surface area contributed by atoms with Crippen LogP contribution in [0, 0.1) is 29.1 Å². The number of rotatable bonds is 2. The van der Waals surface area contributed by atoms with Gasteiger partial charge < -0.3 is 0 Å². The molecule has 0 radical (unpaired) electrons. The molecule has 114 valence electrons. The van der Waals surface area contributed by atoms with Crippen molar-refractivity contribution in [1.82, 2.24) is 5.32 Å². The fourth-order valence-corrected chi connectivity index (χ4v) is 1.63. The van der Waals surface area contributed by atoms with E-state index in [1.165, 1.54) is 24.3 Å². The molecular weight excluding hydrogens is 309 g/mol. The Morgan fingerprint density at radius 1 is 0.682 bits per heavy atom. The van der Waals surface area contributed by atoms with Gasteiger partial charge in [0.2, 0.25) is 5.82 Å². The fourth-order valence-electron chi connectivity index (χ4n) is 1.63. The topological polar surface area (TPSA) is 46.2 Å². The fraction of sp³-hybridized carbons (Fsp3) is 0. The number of hydrogen-bond acceptors (Lipinski definition) is 2. The molecule has 0 unspecified atom stereocenters. The van der Waals surface area contributed by atoms with Gasteiger partial charge in [-0.15, -0.1) is 0 Å². The van der Waals surface area contributed by atoms with E-state index in [9.17, 15) is 31.5 Å². The van der Waals surface area contributed by atoms with Gasteiger partial charge in [-0.3, -0.25) is 14.9 Å². The molecule has 2 amide bonds. The van der Waals surface area contributed by atoms with E-state index >= 15 is 0 Å². The van der Waals surface area contributed by atoms with Crippen molar-refractivity contribution in [2.45, 2.75) is 0 Å². The Labute approximate surface area is 120 Å². The Bertz CT molecular complexity index is 733. The van der Waals surface area contributed by atoms with E-state index in [2.05, 4.69) is 0 Å². The molecule has 1 N–H and O–H groups in total. The molecule has 2 rings (SSSR count). The van der Waals surface area contributed by atoms with Gasteiger partial charge in [0.25, 0.3) is 11.8 Å². The highest BCUT2D eigenvalue weighted by molar-refractivity contribution is 6.10. The van der Waals surface area contributed by atoms with Crippen LogP contribution in [0.5, 0.6) is 0 Å². The summed E-state index contributed by atoms with van der Waals surface area (Å²) in [6.45, 7) is 0. The molecule has 0 bridgehead atoms. The van der Waals surface area contributed by atoms with E-state index < -0.39 is 46.5 Å². The standard InChI is InChI=1S/C14H6F5NO2/c15-8-7(9(16)11(18)12(19)10(8)17)14(22)20-13(21)6-4-2-1-3-5-6/h1-5H,(H,20,21,22). The number of nitrogens with one attached hydrogen (secondary N) is 1. The monoisotopic (exact) mass is 315 g/mol. The smallest absolute Gasteiger partial charge is 0.264 e. The zero-order chi connectivity index (χ0) is 16.4. The molecule has 0 heterocycles. The van der Waals surface area contributed by atoms with Crippen LogP contribution >= 0.6 is 0 Å². The van der Waals surface area contributed by atoms with Crippen molar-refractivity contribution in [3.63, 3.8) is 0 Å². The van der Waals surface area contributed by atoms with Crippen LogP contribution in [0.3, 0.4) is 0 Å². The normalized spacial score (nSPS) is 10.4. The predicted octanol–water partition coefficient (Wildman–Crippen LogP) is 2.95. The second-order valence-electron chi connectivity index (χ2n) is 4.09. The summed E-state index contributed by atoms with van der Waals surface area (Å²) in [6, 6.07) is 7.07. The third kappa shape index (κ3) is 2.67. The maximum atomic E-state index is 13.4. The Balaban J connectivity index is 2.37. The van der Waals surface area contributed by atoms with Crippen molar-refractivity contribution < 1.29 is 31.5 Å². The van der Waals surface area contributed by atoms with Gasteiger partial charge in [0, 0.05) is 5.56 Å². The molecule has 0 aromatic heterocycles. The Morgan fingerprint density at radius 2 is 1.14 bits per heavy atom. The summed E-state index contributed by atoms with van der Waals surface area (Å²) in [5, 5.41) is 1.55. The molecule has 0 saturated carbocycles. The van der Waals surface area contributed by atoms with Crippen LogP contribution in [-0.2, 0) is 0 Å².